The summed E-state index contributed by atoms with van der Waals surface area (Å²) in [5.74, 6) is 0. The zero-order valence-corrected chi connectivity index (χ0v) is 11.4. The van der Waals surface area contributed by atoms with E-state index in [1.165, 1.54) is 10.6 Å². The fourth-order valence-electron chi connectivity index (χ4n) is 1.45. The second kappa shape index (κ2) is 4.71. The van der Waals surface area contributed by atoms with Gasteiger partial charge < -0.3 is 0 Å². The second-order valence-electron chi connectivity index (χ2n) is 3.33. The van der Waals surface area contributed by atoms with E-state index in [0.29, 0.717) is 0 Å². The number of benzene rings is 2. The molecule has 0 aromatic heterocycles. The summed E-state index contributed by atoms with van der Waals surface area (Å²) >= 11 is 2.07. The van der Waals surface area contributed by atoms with Gasteiger partial charge in [0.1, 0.15) is 0 Å². The van der Waals surface area contributed by atoms with E-state index in [-0.39, 0.29) is 0 Å². The predicted molar refractivity (Wildman–Crippen MR) is 70.6 cm³/mol. The predicted octanol–water partition coefficient (Wildman–Crippen LogP) is 1.82. The molecule has 0 heterocycles. The van der Waals surface area contributed by atoms with Gasteiger partial charge in [0.2, 0.25) is 0 Å². The minimum atomic E-state index is -1.64. The van der Waals surface area contributed by atoms with E-state index in [0.717, 1.165) is 0 Å². The zero-order valence-electron chi connectivity index (χ0n) is 8.21. The Hall–Kier alpha value is -0.275. The molecular weight excluding hydrogens is 314 g/mol. The molecule has 0 spiro atoms. The van der Waals surface area contributed by atoms with Crippen molar-refractivity contribution < 1.29 is 0 Å². The molecule has 0 saturated heterocycles. The van der Waals surface area contributed by atoms with Crippen LogP contribution in [0.5, 0.6) is 0 Å². The topological polar surface area (TPSA) is 0 Å². The van der Waals surface area contributed by atoms with Gasteiger partial charge in [-0.05, 0) is 0 Å². The SMILES string of the molecule is [B]P(=[Te])(c1ccccc1)c1ccccc1. The third-order valence-corrected chi connectivity index (χ3v) is 8.02. The molecule has 0 aliphatic carbocycles. The van der Waals surface area contributed by atoms with Crippen molar-refractivity contribution in [2.24, 2.45) is 0 Å². The van der Waals surface area contributed by atoms with Crippen LogP contribution in [0.15, 0.2) is 60.7 Å². The van der Waals surface area contributed by atoms with Gasteiger partial charge in [0, 0.05) is 0 Å². The summed E-state index contributed by atoms with van der Waals surface area (Å²) in [6.45, 7) is 0. The molecular formula is C12H10BPTe. The number of rotatable bonds is 2. The van der Waals surface area contributed by atoms with Gasteiger partial charge >= 0.3 is 104 Å². The van der Waals surface area contributed by atoms with Crippen LogP contribution < -0.4 is 10.6 Å². The van der Waals surface area contributed by atoms with Gasteiger partial charge in [-0.1, -0.05) is 0 Å². The van der Waals surface area contributed by atoms with E-state index >= 15 is 0 Å². The van der Waals surface area contributed by atoms with Crippen LogP contribution >= 0.6 is 4.37 Å². The first kappa shape index (κ1) is 11.2. The van der Waals surface area contributed by atoms with Crippen LogP contribution in [-0.4, -0.2) is 28.8 Å². The van der Waals surface area contributed by atoms with Crippen molar-refractivity contribution in [3.05, 3.63) is 60.7 Å². The average Bonchev–Trinajstić information content (AvgIpc) is 2.31. The standard InChI is InChI=1S/C12H10BPTe/c13-14(15,11-7-3-1-4-8-11)12-9-5-2-6-10-12/h1-10H. The molecule has 3 heteroatoms. The Balaban J connectivity index is 2.50. The van der Waals surface area contributed by atoms with E-state index in [2.05, 4.69) is 45.5 Å². The molecule has 15 heavy (non-hydrogen) atoms. The van der Waals surface area contributed by atoms with Crippen molar-refractivity contribution in [3.63, 3.8) is 0 Å². The van der Waals surface area contributed by atoms with Gasteiger partial charge in [-0.15, -0.1) is 0 Å². The van der Waals surface area contributed by atoms with Gasteiger partial charge in [-0.25, -0.2) is 0 Å². The third kappa shape index (κ3) is 2.45. The van der Waals surface area contributed by atoms with Crippen molar-refractivity contribution in [1.29, 1.82) is 0 Å². The van der Waals surface area contributed by atoms with Crippen molar-refractivity contribution in [2.75, 3.05) is 0 Å². The van der Waals surface area contributed by atoms with Crippen molar-refractivity contribution >= 4 is 43.8 Å². The molecule has 0 atom stereocenters. The van der Waals surface area contributed by atoms with Crippen LogP contribution in [0.1, 0.15) is 0 Å². The zero-order chi connectivity index (χ0) is 10.7. The van der Waals surface area contributed by atoms with Gasteiger partial charge in [-0.3, -0.25) is 0 Å². The van der Waals surface area contributed by atoms with E-state index < -0.39 is 4.37 Å². The summed E-state index contributed by atoms with van der Waals surface area (Å²) < 4.78 is -1.64. The Labute approximate surface area is 104 Å². The molecule has 0 fully saturated rings. The molecule has 0 unspecified atom stereocenters. The first-order chi connectivity index (χ1) is 7.21. The van der Waals surface area contributed by atoms with E-state index in [1.54, 1.807) is 0 Å². The molecule has 0 aliphatic heterocycles. The van der Waals surface area contributed by atoms with Crippen LogP contribution in [0.25, 0.3) is 0 Å². The summed E-state index contributed by atoms with van der Waals surface area (Å²) in [6, 6.07) is 20.7. The monoisotopic (exact) mass is 326 g/mol. The molecule has 0 bridgehead atoms. The maximum absolute atomic E-state index is 6.47. The Morgan fingerprint density at radius 2 is 1.07 bits per heavy atom. The van der Waals surface area contributed by atoms with E-state index in [9.17, 15) is 0 Å². The van der Waals surface area contributed by atoms with Gasteiger partial charge in [0.25, 0.3) is 0 Å². The maximum atomic E-state index is 6.47. The van der Waals surface area contributed by atoms with Crippen LogP contribution in [0.3, 0.4) is 0 Å². The van der Waals surface area contributed by atoms with Crippen molar-refractivity contribution in [3.8, 4) is 0 Å². The first-order valence-electron chi connectivity index (χ1n) is 4.71. The molecule has 0 nitrogen and oxygen atoms in total. The first-order valence-corrected chi connectivity index (χ1v) is 9.61. The van der Waals surface area contributed by atoms with E-state index in [4.69, 9.17) is 7.57 Å². The quantitative estimate of drug-likeness (QED) is 0.584. The summed E-state index contributed by atoms with van der Waals surface area (Å²) in [5, 5.41) is 2.50. The van der Waals surface area contributed by atoms with Crippen LogP contribution in [0.4, 0.5) is 0 Å². The van der Waals surface area contributed by atoms with Crippen molar-refractivity contribution in [1.82, 2.24) is 0 Å². The summed E-state index contributed by atoms with van der Waals surface area (Å²) in [7, 11) is 6.47. The molecule has 2 aromatic carbocycles. The van der Waals surface area contributed by atoms with Gasteiger partial charge in [0.15, 0.2) is 0 Å². The van der Waals surface area contributed by atoms with Crippen LogP contribution in [-0.2, 0) is 0 Å². The van der Waals surface area contributed by atoms with Crippen LogP contribution in [0.2, 0.25) is 0 Å². The Morgan fingerprint density at radius 3 is 1.40 bits per heavy atom. The van der Waals surface area contributed by atoms with Crippen molar-refractivity contribution in [2.45, 2.75) is 0 Å². The van der Waals surface area contributed by atoms with Gasteiger partial charge in [0.05, 0.1) is 0 Å². The summed E-state index contributed by atoms with van der Waals surface area (Å²) in [5.41, 5.74) is 0. The van der Waals surface area contributed by atoms with E-state index in [1.807, 2.05) is 36.4 Å². The number of hydrogen-bond acceptors (Lipinski definition) is 0. The Bertz CT molecular complexity index is 438. The molecule has 2 rings (SSSR count). The Morgan fingerprint density at radius 1 is 0.733 bits per heavy atom. The van der Waals surface area contributed by atoms with Gasteiger partial charge in [-0.2, -0.15) is 0 Å². The second-order valence-corrected chi connectivity index (χ2v) is 10.6. The third-order valence-electron chi connectivity index (χ3n) is 2.28. The molecule has 72 valence electrons. The molecule has 0 amide bonds. The fraction of sp³-hybridized carbons (Fsp3) is 0. The molecule has 0 saturated carbocycles. The normalized spacial score (nSPS) is 11.2. The molecule has 2 aromatic rings. The van der Waals surface area contributed by atoms with Crippen LogP contribution in [0, 0.1) is 0 Å². The molecule has 0 N–H and O–H groups in total. The molecule has 2 radical (unpaired) electrons. The fourth-order valence-corrected chi connectivity index (χ4v) is 5.06. The minimum absolute atomic E-state index is 1.25. The summed E-state index contributed by atoms with van der Waals surface area (Å²) in [6.07, 6.45) is 0. The Kier molecular flexibility index (Phi) is 3.52. The summed E-state index contributed by atoms with van der Waals surface area (Å²) in [4.78, 5) is 0. The number of hydrogen-bond donors (Lipinski definition) is 0. The average molecular weight is 324 g/mol. The molecule has 0 aliphatic rings.